The zero-order valence-electron chi connectivity index (χ0n) is 18.1. The topological polar surface area (TPSA) is 83.8 Å². The molecule has 0 unspecified atom stereocenters. The molecule has 4 atom stereocenters. The van der Waals surface area contributed by atoms with Crippen molar-refractivity contribution < 1.29 is 24.5 Å². The number of ketones is 1. The molecule has 0 radical (unpaired) electrons. The number of hydrogen-bond acceptors (Lipinski definition) is 5. The quantitative estimate of drug-likeness (QED) is 0.132. The molecule has 170 valence electrons. The van der Waals surface area contributed by atoms with Gasteiger partial charge >= 0.3 is 5.97 Å². The van der Waals surface area contributed by atoms with Crippen LogP contribution in [0.15, 0.2) is 24.3 Å². The number of halogens is 1. The van der Waals surface area contributed by atoms with Crippen molar-refractivity contribution in [1.29, 1.82) is 0 Å². The van der Waals surface area contributed by atoms with Gasteiger partial charge in [-0.25, -0.2) is 4.79 Å². The normalized spacial score (nSPS) is 26.9. The number of Topliss-reactive ketones (excluding diaryl/α,β-unsaturated/α-hetero) is 1. The van der Waals surface area contributed by atoms with E-state index in [1.807, 2.05) is 12.2 Å². The first-order valence-corrected chi connectivity index (χ1v) is 12.4. The van der Waals surface area contributed by atoms with Crippen molar-refractivity contribution in [1.82, 2.24) is 0 Å². The number of unbranched alkanes of at least 4 members (excludes halogenated alkanes) is 3. The van der Waals surface area contributed by atoms with Gasteiger partial charge in [0.1, 0.15) is 5.78 Å². The molecule has 0 heterocycles. The lowest BCUT2D eigenvalue weighted by Gasteiger charge is -2.45. The number of aliphatic hydroxyl groups excluding tert-OH is 2. The van der Waals surface area contributed by atoms with Gasteiger partial charge in [-0.1, -0.05) is 53.4 Å². The van der Waals surface area contributed by atoms with Crippen LogP contribution in [0, 0.1) is 17.3 Å². The fourth-order valence-electron chi connectivity index (χ4n) is 4.80. The molecule has 2 aliphatic carbocycles. The van der Waals surface area contributed by atoms with Gasteiger partial charge in [0.15, 0.2) is 0 Å². The Kier molecular flexibility index (Phi) is 10.8. The summed E-state index contributed by atoms with van der Waals surface area (Å²) in [5.41, 5.74) is -0.0201. The number of carbonyl (C=O) groups is 2. The summed E-state index contributed by atoms with van der Waals surface area (Å²) in [6, 6.07) is 0. The zero-order valence-corrected chi connectivity index (χ0v) is 19.7. The fourth-order valence-corrected chi connectivity index (χ4v) is 5.20. The monoisotopic (exact) mass is 484 g/mol. The van der Waals surface area contributed by atoms with Gasteiger partial charge in [-0.3, -0.25) is 4.79 Å². The SMILES string of the molecule is COC(=O)/C=C/CCCC[C@H]1C(=O)C[C@@H](O)[C@@H]1/C=C/[C@@H](O)C1(CCCCBr)CCC1. The molecule has 2 fully saturated rings. The van der Waals surface area contributed by atoms with E-state index in [2.05, 4.69) is 20.7 Å². The summed E-state index contributed by atoms with van der Waals surface area (Å²) in [4.78, 5) is 23.5. The predicted octanol–water partition coefficient (Wildman–Crippen LogP) is 4.49. The minimum Gasteiger partial charge on any atom is -0.466 e. The number of allylic oxidation sites excluding steroid dienone is 1. The molecular weight excluding hydrogens is 448 g/mol. The smallest absolute Gasteiger partial charge is 0.330 e. The van der Waals surface area contributed by atoms with Crippen molar-refractivity contribution in [3.05, 3.63) is 24.3 Å². The Morgan fingerprint density at radius 1 is 1.30 bits per heavy atom. The van der Waals surface area contributed by atoms with Crippen LogP contribution >= 0.6 is 15.9 Å². The molecule has 0 saturated heterocycles. The Hall–Kier alpha value is -0.980. The van der Waals surface area contributed by atoms with Gasteiger partial charge in [0.2, 0.25) is 0 Å². The number of hydrogen-bond donors (Lipinski definition) is 2. The Bertz CT molecular complexity index is 611. The second-order valence-electron chi connectivity index (χ2n) is 8.82. The van der Waals surface area contributed by atoms with Crippen LogP contribution in [-0.4, -0.2) is 46.6 Å². The first-order valence-electron chi connectivity index (χ1n) is 11.3. The van der Waals surface area contributed by atoms with E-state index in [4.69, 9.17) is 0 Å². The maximum atomic E-state index is 12.4. The number of ether oxygens (including phenoxy) is 1. The Morgan fingerprint density at radius 2 is 2.07 bits per heavy atom. The number of carbonyl (C=O) groups excluding carboxylic acids is 2. The van der Waals surface area contributed by atoms with Crippen molar-refractivity contribution in [3.8, 4) is 0 Å². The van der Waals surface area contributed by atoms with E-state index in [0.717, 1.165) is 69.5 Å². The lowest BCUT2D eigenvalue weighted by molar-refractivity contribution is -0.134. The zero-order chi connectivity index (χ0) is 22.0. The first kappa shape index (κ1) is 25.3. The molecule has 2 aliphatic rings. The largest absolute Gasteiger partial charge is 0.466 e. The van der Waals surface area contributed by atoms with E-state index in [9.17, 15) is 19.8 Å². The standard InChI is InChI=1S/C24H37BrO5/c1-30-23(29)10-5-3-2-4-9-18-19(21(27)17-20(18)26)11-12-22(28)24(14-8-15-24)13-6-7-16-25/h5,10-12,18-19,21-22,27-28H,2-4,6-9,13-17H2,1H3/b10-5+,12-11+/t18-,19-,21-,22-/m1/s1. The van der Waals surface area contributed by atoms with E-state index < -0.39 is 12.2 Å². The second kappa shape index (κ2) is 12.8. The molecular formula is C24H37BrO5. The molecule has 2 rings (SSSR count). The van der Waals surface area contributed by atoms with Crippen LogP contribution in [0.4, 0.5) is 0 Å². The van der Waals surface area contributed by atoms with Crippen LogP contribution in [0.5, 0.6) is 0 Å². The van der Waals surface area contributed by atoms with Crippen molar-refractivity contribution in [2.24, 2.45) is 17.3 Å². The number of aliphatic hydroxyl groups is 2. The predicted molar refractivity (Wildman–Crippen MR) is 121 cm³/mol. The number of esters is 1. The maximum Gasteiger partial charge on any atom is 0.330 e. The number of alkyl halides is 1. The molecule has 2 saturated carbocycles. The molecule has 0 spiro atoms. The Balaban J connectivity index is 1.86. The minimum absolute atomic E-state index is 0.0201. The molecule has 0 aromatic carbocycles. The van der Waals surface area contributed by atoms with Crippen molar-refractivity contribution in [3.63, 3.8) is 0 Å². The minimum atomic E-state index is -0.657. The highest BCUT2D eigenvalue weighted by molar-refractivity contribution is 9.09. The second-order valence-corrected chi connectivity index (χ2v) is 9.62. The summed E-state index contributed by atoms with van der Waals surface area (Å²) >= 11 is 3.47. The van der Waals surface area contributed by atoms with Gasteiger partial charge in [0, 0.05) is 29.7 Å². The highest BCUT2D eigenvalue weighted by Gasteiger charge is 2.43. The van der Waals surface area contributed by atoms with Crippen molar-refractivity contribution in [2.45, 2.75) is 82.8 Å². The van der Waals surface area contributed by atoms with Gasteiger partial charge < -0.3 is 14.9 Å². The molecule has 0 amide bonds. The molecule has 6 heteroatoms. The highest BCUT2D eigenvalue weighted by Crippen LogP contribution is 2.48. The van der Waals surface area contributed by atoms with Crippen LogP contribution < -0.4 is 0 Å². The third-order valence-corrected chi connectivity index (χ3v) is 7.44. The highest BCUT2D eigenvalue weighted by atomic mass is 79.9. The Morgan fingerprint density at radius 3 is 2.70 bits per heavy atom. The van der Waals surface area contributed by atoms with E-state index in [1.165, 1.54) is 13.2 Å². The maximum absolute atomic E-state index is 12.4. The molecule has 2 N–H and O–H groups in total. The summed E-state index contributed by atoms with van der Waals surface area (Å²) < 4.78 is 4.56. The molecule has 0 aromatic rings. The average molecular weight is 485 g/mol. The third kappa shape index (κ3) is 7.03. The van der Waals surface area contributed by atoms with E-state index in [0.29, 0.717) is 0 Å². The van der Waals surface area contributed by atoms with Crippen molar-refractivity contribution >= 4 is 27.7 Å². The van der Waals surface area contributed by atoms with Gasteiger partial charge in [0.05, 0.1) is 19.3 Å². The fraction of sp³-hybridized carbons (Fsp3) is 0.750. The van der Waals surface area contributed by atoms with Gasteiger partial charge in [0.25, 0.3) is 0 Å². The lowest BCUT2D eigenvalue weighted by Crippen LogP contribution is -2.40. The summed E-state index contributed by atoms with van der Waals surface area (Å²) in [5.74, 6) is -0.632. The molecule has 0 aliphatic heterocycles. The van der Waals surface area contributed by atoms with Crippen LogP contribution in [0.3, 0.4) is 0 Å². The summed E-state index contributed by atoms with van der Waals surface area (Å²) in [6.07, 6.45) is 15.7. The van der Waals surface area contributed by atoms with Crippen molar-refractivity contribution in [2.75, 3.05) is 12.4 Å². The van der Waals surface area contributed by atoms with Crippen LogP contribution in [-0.2, 0) is 14.3 Å². The van der Waals surface area contributed by atoms with E-state index in [1.54, 1.807) is 6.08 Å². The van der Waals surface area contributed by atoms with Gasteiger partial charge in [-0.2, -0.15) is 0 Å². The van der Waals surface area contributed by atoms with E-state index in [-0.39, 0.29) is 35.4 Å². The Labute approximate surface area is 189 Å². The summed E-state index contributed by atoms with van der Waals surface area (Å²) in [6.45, 7) is 0. The van der Waals surface area contributed by atoms with Crippen LogP contribution in [0.2, 0.25) is 0 Å². The third-order valence-electron chi connectivity index (χ3n) is 6.87. The number of methoxy groups -OCH3 is 1. The first-order chi connectivity index (χ1) is 14.4. The molecule has 30 heavy (non-hydrogen) atoms. The summed E-state index contributed by atoms with van der Waals surface area (Å²) in [5, 5.41) is 22.2. The van der Waals surface area contributed by atoms with Crippen LogP contribution in [0.25, 0.3) is 0 Å². The van der Waals surface area contributed by atoms with Gasteiger partial charge in [-0.05, 0) is 50.4 Å². The summed E-state index contributed by atoms with van der Waals surface area (Å²) in [7, 11) is 1.35. The lowest BCUT2D eigenvalue weighted by atomic mass is 9.62. The molecule has 0 aromatic heterocycles. The molecule has 0 bridgehead atoms. The van der Waals surface area contributed by atoms with E-state index >= 15 is 0 Å². The number of rotatable bonds is 13. The molecule has 5 nitrogen and oxygen atoms in total. The average Bonchev–Trinajstić information content (AvgIpc) is 2.96. The van der Waals surface area contributed by atoms with Gasteiger partial charge in [-0.15, -0.1) is 0 Å². The van der Waals surface area contributed by atoms with Crippen LogP contribution in [0.1, 0.15) is 70.6 Å².